The highest BCUT2D eigenvalue weighted by molar-refractivity contribution is 5.79. The lowest BCUT2D eigenvalue weighted by atomic mass is 9.78. The van der Waals surface area contributed by atoms with Crippen molar-refractivity contribution in [2.24, 2.45) is 16.3 Å². The third-order valence-electron chi connectivity index (χ3n) is 5.03. The molecule has 0 aliphatic carbocycles. The molecule has 0 aromatic rings. The van der Waals surface area contributed by atoms with Gasteiger partial charge in [0.05, 0.1) is 12.7 Å². The van der Waals surface area contributed by atoms with Crippen LogP contribution in [0.25, 0.3) is 0 Å². The molecule has 1 aliphatic rings. The molecule has 1 fully saturated rings. The zero-order chi connectivity index (χ0) is 20.8. The van der Waals surface area contributed by atoms with E-state index in [4.69, 9.17) is 14.5 Å². The van der Waals surface area contributed by atoms with E-state index in [0.717, 1.165) is 64.3 Å². The Morgan fingerprint density at radius 3 is 2.57 bits per heavy atom. The van der Waals surface area contributed by atoms with Crippen LogP contribution in [0.15, 0.2) is 4.99 Å². The van der Waals surface area contributed by atoms with E-state index in [2.05, 4.69) is 38.3 Å². The second-order valence-electron chi connectivity index (χ2n) is 8.68. The van der Waals surface area contributed by atoms with Gasteiger partial charge in [-0.3, -0.25) is 9.79 Å². The highest BCUT2D eigenvalue weighted by atomic mass is 16.5. The number of nitrogens with zero attached hydrogens (tertiary/aromatic N) is 1. The summed E-state index contributed by atoms with van der Waals surface area (Å²) in [5.74, 6) is 1.29. The zero-order valence-electron chi connectivity index (χ0n) is 18.8. The molecule has 0 aromatic heterocycles. The van der Waals surface area contributed by atoms with Gasteiger partial charge in [0.1, 0.15) is 0 Å². The predicted molar refractivity (Wildman–Crippen MR) is 116 cm³/mol. The first-order chi connectivity index (χ1) is 13.4. The molecular formula is C22H43N3O3. The number of unbranched alkanes of at least 4 members (excludes halogenated alkanes) is 3. The number of aliphatic imine (C=N–C) groups is 1. The Bertz CT molecular complexity index is 460. The monoisotopic (exact) mass is 397 g/mol. The number of carbonyl (C=O) groups is 1. The second-order valence-corrected chi connectivity index (χ2v) is 8.68. The maximum atomic E-state index is 11.3. The van der Waals surface area contributed by atoms with Crippen LogP contribution in [-0.4, -0.2) is 50.9 Å². The average Bonchev–Trinajstić information content (AvgIpc) is 2.65. The lowest BCUT2D eigenvalue weighted by Gasteiger charge is -2.39. The molecule has 1 saturated heterocycles. The van der Waals surface area contributed by atoms with E-state index < -0.39 is 0 Å². The average molecular weight is 398 g/mol. The quantitative estimate of drug-likeness (QED) is 0.239. The minimum Gasteiger partial charge on any atom is -0.466 e. The molecule has 6 heteroatoms. The van der Waals surface area contributed by atoms with E-state index in [1.807, 2.05) is 6.92 Å². The van der Waals surface area contributed by atoms with Gasteiger partial charge >= 0.3 is 5.97 Å². The first-order valence-corrected chi connectivity index (χ1v) is 11.2. The third kappa shape index (κ3) is 10.3. The van der Waals surface area contributed by atoms with Crippen molar-refractivity contribution < 1.29 is 14.3 Å². The summed E-state index contributed by atoms with van der Waals surface area (Å²) in [5, 5.41) is 6.78. The van der Waals surface area contributed by atoms with Gasteiger partial charge < -0.3 is 20.1 Å². The number of nitrogens with one attached hydrogen (secondary N) is 2. The van der Waals surface area contributed by atoms with E-state index in [1.165, 1.54) is 6.42 Å². The molecule has 0 saturated carbocycles. The molecule has 6 nitrogen and oxygen atoms in total. The first-order valence-electron chi connectivity index (χ1n) is 11.2. The molecule has 1 rings (SSSR count). The van der Waals surface area contributed by atoms with Crippen LogP contribution < -0.4 is 10.6 Å². The van der Waals surface area contributed by atoms with Crippen LogP contribution in [0.5, 0.6) is 0 Å². The van der Waals surface area contributed by atoms with Gasteiger partial charge in [-0.1, -0.05) is 33.6 Å². The predicted octanol–water partition coefficient (Wildman–Crippen LogP) is 3.90. The van der Waals surface area contributed by atoms with Gasteiger partial charge in [0.15, 0.2) is 5.96 Å². The van der Waals surface area contributed by atoms with E-state index in [-0.39, 0.29) is 17.5 Å². The number of hydrogen-bond donors (Lipinski definition) is 2. The fraction of sp³-hybridized carbons (Fsp3) is 0.909. The van der Waals surface area contributed by atoms with Gasteiger partial charge in [-0.2, -0.15) is 0 Å². The highest BCUT2D eigenvalue weighted by Crippen LogP contribution is 2.34. The van der Waals surface area contributed by atoms with Gasteiger partial charge in [0, 0.05) is 38.6 Å². The van der Waals surface area contributed by atoms with Crippen LogP contribution in [-0.2, 0) is 14.3 Å². The Kier molecular flexibility index (Phi) is 12.2. The van der Waals surface area contributed by atoms with Crippen LogP contribution in [0, 0.1) is 11.3 Å². The molecule has 0 aromatic carbocycles. The normalized spacial score (nSPS) is 20.7. The molecule has 0 spiro atoms. The van der Waals surface area contributed by atoms with E-state index in [9.17, 15) is 4.79 Å². The minimum absolute atomic E-state index is 0.0811. The van der Waals surface area contributed by atoms with E-state index in [1.54, 1.807) is 0 Å². The zero-order valence-corrected chi connectivity index (χ0v) is 18.8. The Morgan fingerprint density at radius 2 is 1.89 bits per heavy atom. The summed E-state index contributed by atoms with van der Waals surface area (Å²) in [7, 11) is 0. The van der Waals surface area contributed by atoms with Crippen molar-refractivity contribution in [3.8, 4) is 0 Å². The molecule has 1 aliphatic heterocycles. The van der Waals surface area contributed by atoms with Crippen LogP contribution in [0.3, 0.4) is 0 Å². The van der Waals surface area contributed by atoms with Gasteiger partial charge in [-0.15, -0.1) is 0 Å². The Labute approximate surface area is 172 Å². The van der Waals surface area contributed by atoms with Crippen molar-refractivity contribution >= 4 is 11.9 Å². The topological polar surface area (TPSA) is 72.0 Å². The molecule has 2 N–H and O–H groups in total. The Balaban J connectivity index is 2.32. The fourth-order valence-corrected chi connectivity index (χ4v) is 3.73. The Morgan fingerprint density at radius 1 is 1.14 bits per heavy atom. The number of guanidine groups is 1. The van der Waals surface area contributed by atoms with Gasteiger partial charge in [0.25, 0.3) is 0 Å². The first kappa shape index (κ1) is 24.7. The van der Waals surface area contributed by atoms with E-state index >= 15 is 0 Å². The number of esters is 1. The maximum Gasteiger partial charge on any atom is 0.305 e. The number of ether oxygens (including phenoxy) is 2. The van der Waals surface area contributed by atoms with Crippen molar-refractivity contribution in [2.75, 3.05) is 32.8 Å². The summed E-state index contributed by atoms with van der Waals surface area (Å²) in [6.45, 7) is 14.6. The molecule has 0 amide bonds. The van der Waals surface area contributed by atoms with Crippen molar-refractivity contribution in [2.45, 2.75) is 85.7 Å². The molecular weight excluding hydrogens is 354 g/mol. The summed E-state index contributed by atoms with van der Waals surface area (Å²) in [4.78, 5) is 16.1. The molecule has 2 unspecified atom stereocenters. The SMILES string of the molecule is CCNC(=NCC1CCCOC1C(C)(C)C)NCCCCCCC(=O)OCC. The molecule has 2 atom stereocenters. The molecule has 1 heterocycles. The summed E-state index contributed by atoms with van der Waals surface area (Å²) < 4.78 is 11.0. The lowest BCUT2D eigenvalue weighted by molar-refractivity contribution is -0.143. The number of hydrogen-bond acceptors (Lipinski definition) is 4. The number of carbonyl (C=O) groups excluding carboxylic acids is 1. The fourth-order valence-electron chi connectivity index (χ4n) is 3.73. The van der Waals surface area contributed by atoms with Crippen molar-refractivity contribution in [3.05, 3.63) is 0 Å². The van der Waals surface area contributed by atoms with Gasteiger partial charge in [-0.05, 0) is 44.9 Å². The number of rotatable bonds is 11. The summed E-state index contributed by atoms with van der Waals surface area (Å²) in [6, 6.07) is 0. The van der Waals surface area contributed by atoms with Crippen molar-refractivity contribution in [3.63, 3.8) is 0 Å². The standard InChI is InChI=1S/C22H43N3O3/c1-6-23-21(24-15-11-9-8-10-14-19(26)27-7-2)25-17-18-13-12-16-28-20(18)22(3,4)5/h18,20H,6-17H2,1-5H3,(H2,23,24,25). The smallest absolute Gasteiger partial charge is 0.305 e. The van der Waals surface area contributed by atoms with Crippen LogP contribution in [0.1, 0.15) is 79.6 Å². The summed E-state index contributed by atoms with van der Waals surface area (Å²) in [6.07, 6.45) is 7.26. The molecule has 0 radical (unpaired) electrons. The van der Waals surface area contributed by atoms with Gasteiger partial charge in [0.2, 0.25) is 0 Å². The molecule has 164 valence electrons. The third-order valence-corrected chi connectivity index (χ3v) is 5.03. The minimum atomic E-state index is -0.0811. The van der Waals surface area contributed by atoms with Crippen LogP contribution in [0.4, 0.5) is 0 Å². The van der Waals surface area contributed by atoms with Crippen LogP contribution in [0.2, 0.25) is 0 Å². The summed E-state index contributed by atoms with van der Waals surface area (Å²) >= 11 is 0. The second kappa shape index (κ2) is 13.8. The Hall–Kier alpha value is -1.30. The van der Waals surface area contributed by atoms with E-state index in [0.29, 0.717) is 18.9 Å². The molecule has 0 bridgehead atoms. The summed E-state index contributed by atoms with van der Waals surface area (Å²) in [5.41, 5.74) is 0.149. The van der Waals surface area contributed by atoms with Gasteiger partial charge in [-0.25, -0.2) is 0 Å². The lowest BCUT2D eigenvalue weighted by Crippen LogP contribution is -2.42. The largest absolute Gasteiger partial charge is 0.466 e. The van der Waals surface area contributed by atoms with Crippen molar-refractivity contribution in [1.29, 1.82) is 0 Å². The molecule has 28 heavy (non-hydrogen) atoms. The van der Waals surface area contributed by atoms with Crippen LogP contribution >= 0.6 is 0 Å². The van der Waals surface area contributed by atoms with Crippen molar-refractivity contribution in [1.82, 2.24) is 10.6 Å². The maximum absolute atomic E-state index is 11.3. The highest BCUT2D eigenvalue weighted by Gasteiger charge is 2.35.